The number of halogens is 2. The number of rotatable bonds is 5. The van der Waals surface area contributed by atoms with Gasteiger partial charge in [0, 0.05) is 11.1 Å². The smallest absolute Gasteiger partial charge is 0.275 e. The lowest BCUT2D eigenvalue weighted by atomic mass is 10.0. The van der Waals surface area contributed by atoms with E-state index in [9.17, 15) is 14.4 Å². The van der Waals surface area contributed by atoms with Gasteiger partial charge in [-0.25, -0.2) is 4.99 Å². The fourth-order valence-electron chi connectivity index (χ4n) is 3.76. The average molecular weight is 533 g/mol. The summed E-state index contributed by atoms with van der Waals surface area (Å²) in [5.41, 5.74) is 2.57. The predicted molar refractivity (Wildman–Crippen MR) is 141 cm³/mol. The van der Waals surface area contributed by atoms with Crippen molar-refractivity contribution in [3.63, 3.8) is 0 Å². The summed E-state index contributed by atoms with van der Waals surface area (Å²) in [7, 11) is 0. The number of aromatic nitrogens is 2. The number of benzene rings is 3. The van der Waals surface area contributed by atoms with Crippen LogP contribution in [0, 0.1) is 0 Å². The number of hydrogen-bond acceptors (Lipinski definition) is 5. The summed E-state index contributed by atoms with van der Waals surface area (Å²) in [6.45, 7) is 0. The third-order valence-electron chi connectivity index (χ3n) is 5.54. The first kappa shape index (κ1) is 24.2. The zero-order valence-electron chi connectivity index (χ0n) is 19.0. The predicted octanol–water partition coefficient (Wildman–Crippen LogP) is 4.51. The van der Waals surface area contributed by atoms with E-state index in [4.69, 9.17) is 23.2 Å². The molecule has 11 heteroatoms. The number of aliphatic imine (C=N–C) groups is 1. The van der Waals surface area contributed by atoms with Crippen LogP contribution in [0.2, 0.25) is 10.0 Å². The van der Waals surface area contributed by atoms with Crippen molar-refractivity contribution in [3.05, 3.63) is 111 Å². The molecule has 3 aromatic carbocycles. The van der Waals surface area contributed by atoms with Crippen LogP contribution in [-0.2, 0) is 4.79 Å². The lowest BCUT2D eigenvalue weighted by Gasteiger charge is -2.12. The van der Waals surface area contributed by atoms with Gasteiger partial charge in [0.15, 0.2) is 5.69 Å². The minimum absolute atomic E-state index is 0.00272. The van der Waals surface area contributed by atoms with Gasteiger partial charge >= 0.3 is 0 Å². The van der Waals surface area contributed by atoms with Crippen molar-refractivity contribution in [1.82, 2.24) is 15.5 Å². The van der Waals surface area contributed by atoms with Crippen molar-refractivity contribution in [2.75, 3.05) is 10.6 Å². The molecule has 0 spiro atoms. The normalized spacial score (nSPS) is 14.6. The lowest BCUT2D eigenvalue weighted by Crippen LogP contribution is -2.42. The highest BCUT2D eigenvalue weighted by Gasteiger charge is 2.29. The number of para-hydroxylation sites is 1. The average Bonchev–Trinajstić information content (AvgIpc) is 3.20. The second-order valence-electron chi connectivity index (χ2n) is 7.95. The highest BCUT2D eigenvalue weighted by atomic mass is 35.5. The summed E-state index contributed by atoms with van der Waals surface area (Å²) < 4.78 is 0. The first-order valence-electron chi connectivity index (χ1n) is 11.1. The van der Waals surface area contributed by atoms with E-state index in [0.717, 1.165) is 5.56 Å². The van der Waals surface area contributed by atoms with Crippen molar-refractivity contribution in [3.8, 4) is 0 Å². The van der Waals surface area contributed by atoms with E-state index in [1.807, 2.05) is 42.5 Å². The second-order valence-corrected chi connectivity index (χ2v) is 8.73. The topological polar surface area (TPSA) is 128 Å². The fraction of sp³-hybridized carbons (Fsp3) is 0.0385. The molecular formula is C26H18Cl2N6O3. The van der Waals surface area contributed by atoms with Crippen LogP contribution >= 0.6 is 23.2 Å². The van der Waals surface area contributed by atoms with E-state index in [1.165, 1.54) is 0 Å². The quantitative estimate of drug-likeness (QED) is 0.301. The Morgan fingerprint density at radius 1 is 0.865 bits per heavy atom. The summed E-state index contributed by atoms with van der Waals surface area (Å²) in [6.07, 6.45) is -1.27. The SMILES string of the molecule is O=C(Nc1[nH]nc(C(=O)N[C@@H]2N=C(c3ccccc3)c3ccccc3NC2=O)c1Cl)c1ccccc1Cl. The fourth-order valence-corrected chi connectivity index (χ4v) is 4.20. The summed E-state index contributed by atoms with van der Waals surface area (Å²) in [5.74, 6) is -1.84. The zero-order chi connectivity index (χ0) is 25.9. The Kier molecular flexibility index (Phi) is 6.72. The molecule has 9 nitrogen and oxygen atoms in total. The molecule has 0 unspecified atom stereocenters. The maximum Gasteiger partial charge on any atom is 0.275 e. The van der Waals surface area contributed by atoms with E-state index in [0.29, 0.717) is 17.0 Å². The molecule has 37 heavy (non-hydrogen) atoms. The standard InChI is InChI=1S/C26H18Cl2N6O3/c27-17-12-6-4-10-15(17)24(35)31-22-19(28)21(33-34-22)25(36)32-23-26(37)29-18-13-7-5-11-16(18)20(30-23)14-8-2-1-3-9-14/h1-13,23H,(H,29,37)(H,32,36)(H2,31,33,34,35)/t23-/m0/s1. The van der Waals surface area contributed by atoms with Gasteiger partial charge in [-0.3, -0.25) is 19.5 Å². The van der Waals surface area contributed by atoms with Gasteiger partial charge in [-0.05, 0) is 18.2 Å². The molecule has 2 heterocycles. The maximum atomic E-state index is 13.1. The van der Waals surface area contributed by atoms with Gasteiger partial charge in [-0.15, -0.1) is 0 Å². The second kappa shape index (κ2) is 10.3. The summed E-state index contributed by atoms with van der Waals surface area (Å²) in [6, 6.07) is 23.0. The molecule has 4 aromatic rings. The van der Waals surface area contributed by atoms with Crippen molar-refractivity contribution in [1.29, 1.82) is 0 Å². The zero-order valence-corrected chi connectivity index (χ0v) is 20.5. The Labute approximate surface area is 220 Å². The molecule has 0 aliphatic carbocycles. The number of anilines is 2. The van der Waals surface area contributed by atoms with E-state index in [2.05, 4.69) is 31.1 Å². The van der Waals surface area contributed by atoms with Crippen LogP contribution in [0.5, 0.6) is 0 Å². The van der Waals surface area contributed by atoms with Crippen molar-refractivity contribution in [2.45, 2.75) is 6.17 Å². The molecule has 1 aromatic heterocycles. The van der Waals surface area contributed by atoms with E-state index in [1.54, 1.807) is 36.4 Å². The van der Waals surface area contributed by atoms with Crippen molar-refractivity contribution < 1.29 is 14.4 Å². The van der Waals surface area contributed by atoms with E-state index in [-0.39, 0.29) is 27.1 Å². The number of H-pyrrole nitrogens is 1. The molecule has 0 fully saturated rings. The number of aromatic amines is 1. The molecule has 5 rings (SSSR count). The molecule has 0 bridgehead atoms. The lowest BCUT2D eigenvalue weighted by molar-refractivity contribution is -0.117. The number of carbonyl (C=O) groups excluding carboxylic acids is 3. The van der Waals surface area contributed by atoms with Gasteiger partial charge in [-0.2, -0.15) is 5.10 Å². The monoisotopic (exact) mass is 532 g/mol. The van der Waals surface area contributed by atoms with Crippen LogP contribution in [0.3, 0.4) is 0 Å². The number of benzodiazepines with no additional fused rings is 1. The highest BCUT2D eigenvalue weighted by Crippen LogP contribution is 2.26. The molecule has 0 radical (unpaired) electrons. The molecule has 184 valence electrons. The Morgan fingerprint density at radius 2 is 1.57 bits per heavy atom. The van der Waals surface area contributed by atoms with Crippen LogP contribution in [0.15, 0.2) is 83.9 Å². The molecule has 1 aliphatic rings. The minimum atomic E-state index is -1.27. The Bertz CT molecular complexity index is 1550. The minimum Gasteiger partial charge on any atom is -0.322 e. The number of carbonyl (C=O) groups is 3. The molecule has 0 saturated carbocycles. The van der Waals surface area contributed by atoms with Crippen molar-refractivity contribution in [2.24, 2.45) is 4.99 Å². The van der Waals surface area contributed by atoms with Crippen LogP contribution < -0.4 is 16.0 Å². The molecule has 3 amide bonds. The van der Waals surface area contributed by atoms with Gasteiger partial charge < -0.3 is 16.0 Å². The first-order chi connectivity index (χ1) is 17.9. The molecule has 1 atom stereocenters. The largest absolute Gasteiger partial charge is 0.322 e. The van der Waals surface area contributed by atoms with Gasteiger partial charge in [0.25, 0.3) is 17.7 Å². The van der Waals surface area contributed by atoms with Crippen LogP contribution in [0.25, 0.3) is 0 Å². The summed E-state index contributed by atoms with van der Waals surface area (Å²) in [5, 5.41) is 14.5. The number of nitrogens with one attached hydrogen (secondary N) is 4. The number of fused-ring (bicyclic) bond motifs is 1. The number of nitrogens with zero attached hydrogens (tertiary/aromatic N) is 2. The molecular weight excluding hydrogens is 515 g/mol. The molecule has 1 aliphatic heterocycles. The summed E-state index contributed by atoms with van der Waals surface area (Å²) >= 11 is 12.4. The van der Waals surface area contributed by atoms with Gasteiger partial charge in [0.05, 0.1) is 22.0 Å². The van der Waals surface area contributed by atoms with Crippen LogP contribution in [0.4, 0.5) is 11.5 Å². The van der Waals surface area contributed by atoms with Crippen LogP contribution in [-0.4, -0.2) is 39.8 Å². The molecule has 0 saturated heterocycles. The summed E-state index contributed by atoms with van der Waals surface area (Å²) in [4.78, 5) is 43.2. The third kappa shape index (κ3) is 4.95. The Hall–Kier alpha value is -4.47. The van der Waals surface area contributed by atoms with E-state index < -0.39 is 23.9 Å². The molecule has 4 N–H and O–H groups in total. The van der Waals surface area contributed by atoms with E-state index >= 15 is 0 Å². The Morgan fingerprint density at radius 3 is 2.35 bits per heavy atom. The van der Waals surface area contributed by atoms with Crippen molar-refractivity contribution >= 4 is 58.1 Å². The van der Waals surface area contributed by atoms with Gasteiger partial charge in [-0.1, -0.05) is 83.9 Å². The van der Waals surface area contributed by atoms with Gasteiger partial charge in [0.1, 0.15) is 10.8 Å². The van der Waals surface area contributed by atoms with Gasteiger partial charge in [0.2, 0.25) is 6.17 Å². The van der Waals surface area contributed by atoms with Crippen LogP contribution in [0.1, 0.15) is 32.0 Å². The highest BCUT2D eigenvalue weighted by molar-refractivity contribution is 6.37. The Balaban J connectivity index is 1.40. The number of amides is 3. The third-order valence-corrected chi connectivity index (χ3v) is 6.24. The first-order valence-corrected chi connectivity index (χ1v) is 11.8. The maximum absolute atomic E-state index is 13.1. The number of hydrogen-bond donors (Lipinski definition) is 4.